The maximum absolute atomic E-state index is 13.1. The number of halogens is 1. The first kappa shape index (κ1) is 27.6. The number of fused-ring (bicyclic) bond motifs is 1. The SMILES string of the molecule is COC(=O)C1(c2ccc(-c3ccc(-c4oc5cc(C)ccc5c4NC(=O)O[C@H](C)c4ccccc4Cl)cc3)cc2)CC1. The molecule has 6 nitrogen and oxygen atoms in total. The molecule has 4 aromatic carbocycles. The minimum Gasteiger partial charge on any atom is -0.468 e. The highest BCUT2D eigenvalue weighted by Gasteiger charge is 2.52. The standard InChI is InChI=1S/C35H30ClNO5/c1-21-8-17-28-30(20-21)42-32(31(28)37-34(39)41-22(2)27-6-4-5-7-29(27)36)25-11-9-23(10-12-25)24-13-15-26(16-14-24)35(18-19-35)33(38)40-3/h4-17,20,22H,18-19H2,1-3H3,(H,37,39)/t22-/m1/s1. The second-order valence-electron chi connectivity index (χ2n) is 10.7. The summed E-state index contributed by atoms with van der Waals surface area (Å²) in [4.78, 5) is 25.3. The van der Waals surface area contributed by atoms with Crippen LogP contribution in [0.3, 0.4) is 0 Å². The van der Waals surface area contributed by atoms with E-state index in [0.29, 0.717) is 22.1 Å². The van der Waals surface area contributed by atoms with Crippen molar-refractivity contribution in [3.63, 3.8) is 0 Å². The number of aryl methyl sites for hydroxylation is 1. The van der Waals surface area contributed by atoms with Crippen LogP contribution in [-0.2, 0) is 19.7 Å². The molecule has 212 valence electrons. The van der Waals surface area contributed by atoms with E-state index in [-0.39, 0.29) is 5.97 Å². The summed E-state index contributed by atoms with van der Waals surface area (Å²) in [5, 5.41) is 4.23. The number of carbonyl (C=O) groups is 2. The quantitative estimate of drug-likeness (QED) is 0.194. The molecular formula is C35H30ClNO5. The minimum atomic E-state index is -0.607. The van der Waals surface area contributed by atoms with Crippen LogP contribution >= 0.6 is 11.6 Å². The molecule has 1 atom stereocenters. The summed E-state index contributed by atoms with van der Waals surface area (Å²) in [5.74, 6) is 0.362. The number of ether oxygens (including phenoxy) is 2. The van der Waals surface area contributed by atoms with Crippen molar-refractivity contribution in [3.05, 3.63) is 113 Å². The van der Waals surface area contributed by atoms with Crippen molar-refractivity contribution >= 4 is 40.3 Å². The molecule has 1 aliphatic rings. The maximum atomic E-state index is 13.1. The van der Waals surface area contributed by atoms with E-state index in [4.69, 9.17) is 25.5 Å². The van der Waals surface area contributed by atoms with E-state index in [1.807, 2.05) is 91.9 Å². The van der Waals surface area contributed by atoms with Crippen molar-refractivity contribution in [2.45, 2.75) is 38.2 Å². The van der Waals surface area contributed by atoms with Crippen LogP contribution < -0.4 is 5.32 Å². The van der Waals surface area contributed by atoms with Crippen LogP contribution in [0.4, 0.5) is 10.5 Å². The Balaban J connectivity index is 1.26. The molecule has 1 heterocycles. The van der Waals surface area contributed by atoms with Gasteiger partial charge in [0.2, 0.25) is 0 Å². The topological polar surface area (TPSA) is 77.8 Å². The van der Waals surface area contributed by atoms with Crippen LogP contribution in [0.1, 0.15) is 42.6 Å². The van der Waals surface area contributed by atoms with Crippen LogP contribution in [0.2, 0.25) is 5.02 Å². The van der Waals surface area contributed by atoms with Gasteiger partial charge in [-0.2, -0.15) is 0 Å². The predicted molar refractivity (Wildman–Crippen MR) is 165 cm³/mol. The Morgan fingerprint density at radius 3 is 2.19 bits per heavy atom. The van der Waals surface area contributed by atoms with Crippen molar-refractivity contribution in [2.75, 3.05) is 12.4 Å². The van der Waals surface area contributed by atoms with Crippen molar-refractivity contribution < 1.29 is 23.5 Å². The predicted octanol–water partition coefficient (Wildman–Crippen LogP) is 9.24. The molecule has 1 fully saturated rings. The molecule has 0 bridgehead atoms. The lowest BCUT2D eigenvalue weighted by molar-refractivity contribution is -0.143. The molecule has 0 unspecified atom stereocenters. The number of methoxy groups -OCH3 is 1. The normalized spacial score (nSPS) is 14.3. The van der Waals surface area contributed by atoms with Gasteiger partial charge in [0.1, 0.15) is 11.7 Å². The molecule has 7 heteroatoms. The Hall–Kier alpha value is -4.55. The first-order valence-electron chi connectivity index (χ1n) is 13.8. The zero-order valence-electron chi connectivity index (χ0n) is 23.6. The molecule has 1 saturated carbocycles. The zero-order valence-corrected chi connectivity index (χ0v) is 24.3. The Kier molecular flexibility index (Phi) is 7.25. The average molecular weight is 580 g/mol. The van der Waals surface area contributed by atoms with Gasteiger partial charge in [-0.25, -0.2) is 4.79 Å². The fraction of sp³-hybridized carbons (Fsp3) is 0.200. The van der Waals surface area contributed by atoms with Crippen LogP contribution in [-0.4, -0.2) is 19.2 Å². The van der Waals surface area contributed by atoms with Gasteiger partial charge in [-0.05, 0) is 67.1 Å². The van der Waals surface area contributed by atoms with Gasteiger partial charge in [0.05, 0.1) is 18.2 Å². The molecule has 1 aliphatic carbocycles. The van der Waals surface area contributed by atoms with Crippen LogP contribution in [0.15, 0.2) is 95.4 Å². The highest BCUT2D eigenvalue weighted by atomic mass is 35.5. The summed E-state index contributed by atoms with van der Waals surface area (Å²) in [6.45, 7) is 3.77. The molecule has 0 aliphatic heterocycles. The third-order valence-electron chi connectivity index (χ3n) is 7.94. The fourth-order valence-electron chi connectivity index (χ4n) is 5.42. The summed E-state index contributed by atoms with van der Waals surface area (Å²) < 4.78 is 17.0. The van der Waals surface area contributed by atoms with Crippen LogP contribution in [0.5, 0.6) is 0 Å². The van der Waals surface area contributed by atoms with E-state index < -0.39 is 17.6 Å². The van der Waals surface area contributed by atoms with Crippen molar-refractivity contribution in [2.24, 2.45) is 0 Å². The van der Waals surface area contributed by atoms with Gasteiger partial charge < -0.3 is 13.9 Å². The molecular weight excluding hydrogens is 550 g/mol. The molecule has 1 amide bonds. The first-order valence-corrected chi connectivity index (χ1v) is 14.2. The van der Waals surface area contributed by atoms with E-state index in [0.717, 1.165) is 51.6 Å². The number of anilines is 1. The molecule has 0 spiro atoms. The van der Waals surface area contributed by atoms with E-state index in [1.165, 1.54) is 7.11 Å². The maximum Gasteiger partial charge on any atom is 0.412 e. The molecule has 42 heavy (non-hydrogen) atoms. The van der Waals surface area contributed by atoms with Crippen LogP contribution in [0.25, 0.3) is 33.4 Å². The van der Waals surface area contributed by atoms with E-state index in [1.54, 1.807) is 13.0 Å². The van der Waals surface area contributed by atoms with Gasteiger partial charge in [-0.15, -0.1) is 0 Å². The van der Waals surface area contributed by atoms with Gasteiger partial charge in [0.15, 0.2) is 5.76 Å². The summed E-state index contributed by atoms with van der Waals surface area (Å²) in [6, 6.07) is 29.2. The average Bonchev–Trinajstić information content (AvgIpc) is 3.74. The number of hydrogen-bond donors (Lipinski definition) is 1. The number of benzene rings is 4. The number of rotatable bonds is 7. The van der Waals surface area contributed by atoms with Gasteiger partial charge in [0, 0.05) is 21.5 Å². The highest BCUT2D eigenvalue weighted by Crippen LogP contribution is 2.49. The number of furan rings is 1. The lowest BCUT2D eigenvalue weighted by Gasteiger charge is -2.15. The third kappa shape index (κ3) is 5.14. The minimum absolute atomic E-state index is 0.174. The fourth-order valence-corrected chi connectivity index (χ4v) is 5.71. The molecule has 0 saturated heterocycles. The van der Waals surface area contributed by atoms with Crippen molar-refractivity contribution in [1.82, 2.24) is 0 Å². The molecule has 1 aromatic heterocycles. The Morgan fingerprint density at radius 1 is 0.905 bits per heavy atom. The number of carbonyl (C=O) groups excluding carboxylic acids is 2. The van der Waals surface area contributed by atoms with Crippen LogP contribution in [0, 0.1) is 6.92 Å². The monoisotopic (exact) mass is 579 g/mol. The second-order valence-corrected chi connectivity index (χ2v) is 11.1. The Labute approximate surface area is 249 Å². The lowest BCUT2D eigenvalue weighted by Crippen LogP contribution is -2.21. The zero-order chi connectivity index (χ0) is 29.4. The largest absolute Gasteiger partial charge is 0.468 e. The van der Waals surface area contributed by atoms with Gasteiger partial charge >= 0.3 is 12.1 Å². The summed E-state index contributed by atoms with van der Waals surface area (Å²) >= 11 is 6.30. The van der Waals surface area contributed by atoms with Crippen molar-refractivity contribution in [1.29, 1.82) is 0 Å². The number of nitrogens with one attached hydrogen (secondary N) is 1. The number of hydrogen-bond acceptors (Lipinski definition) is 5. The molecule has 5 aromatic rings. The summed E-state index contributed by atoms with van der Waals surface area (Å²) in [5.41, 5.74) is 6.32. The summed E-state index contributed by atoms with van der Waals surface area (Å²) in [6.07, 6.45) is 0.473. The molecule has 6 rings (SSSR count). The smallest absolute Gasteiger partial charge is 0.412 e. The first-order chi connectivity index (χ1) is 20.3. The van der Waals surface area contributed by atoms with E-state index >= 15 is 0 Å². The molecule has 0 radical (unpaired) electrons. The number of amides is 1. The third-order valence-corrected chi connectivity index (χ3v) is 8.29. The Bertz CT molecular complexity index is 1790. The Morgan fingerprint density at radius 2 is 1.55 bits per heavy atom. The van der Waals surface area contributed by atoms with E-state index in [2.05, 4.69) is 5.32 Å². The molecule has 1 N–H and O–H groups in total. The van der Waals surface area contributed by atoms with Gasteiger partial charge in [-0.3, -0.25) is 10.1 Å². The van der Waals surface area contributed by atoms with Crippen molar-refractivity contribution in [3.8, 4) is 22.5 Å². The summed E-state index contributed by atoms with van der Waals surface area (Å²) in [7, 11) is 1.44. The lowest BCUT2D eigenvalue weighted by atomic mass is 9.93. The van der Waals surface area contributed by atoms with Gasteiger partial charge in [0.25, 0.3) is 0 Å². The highest BCUT2D eigenvalue weighted by molar-refractivity contribution is 6.31. The van der Waals surface area contributed by atoms with E-state index in [9.17, 15) is 9.59 Å². The second kappa shape index (κ2) is 11.0. The van der Waals surface area contributed by atoms with Gasteiger partial charge in [-0.1, -0.05) is 84.4 Å². The number of esters is 1.